The molecule has 1 heterocycles. The predicted octanol–water partition coefficient (Wildman–Crippen LogP) is 4.35. The van der Waals surface area contributed by atoms with Gasteiger partial charge in [0.15, 0.2) is 0 Å². The van der Waals surface area contributed by atoms with Crippen molar-refractivity contribution in [1.82, 2.24) is 5.16 Å². The second-order valence-corrected chi connectivity index (χ2v) is 4.87. The number of halogens is 2. The van der Waals surface area contributed by atoms with Gasteiger partial charge in [0, 0.05) is 5.56 Å². The summed E-state index contributed by atoms with van der Waals surface area (Å²) in [6.45, 7) is 4.01. The van der Waals surface area contributed by atoms with Gasteiger partial charge >= 0.3 is 0 Å². The summed E-state index contributed by atoms with van der Waals surface area (Å²) >= 11 is 12.3. The lowest BCUT2D eigenvalue weighted by molar-refractivity contribution is 0.424. The van der Waals surface area contributed by atoms with E-state index in [0.29, 0.717) is 21.2 Å². The molecule has 2 aromatic rings. The summed E-state index contributed by atoms with van der Waals surface area (Å²) in [4.78, 5) is 0. The first kappa shape index (κ1) is 12.3. The molecule has 0 aliphatic carbocycles. The minimum absolute atomic E-state index is 0.179. The minimum atomic E-state index is 0.179. The molecule has 1 aromatic heterocycles. The highest BCUT2D eigenvalue weighted by molar-refractivity contribution is 6.39. The SMILES string of the molecule is CC(C)c1noc(N)c1-c1c(Cl)cccc1Cl. The van der Waals surface area contributed by atoms with Crippen LogP contribution in [0.1, 0.15) is 25.5 Å². The van der Waals surface area contributed by atoms with Crippen LogP contribution in [0.3, 0.4) is 0 Å². The Kier molecular flexibility index (Phi) is 3.31. The van der Waals surface area contributed by atoms with Gasteiger partial charge in [-0.2, -0.15) is 0 Å². The number of nitrogens with two attached hydrogens (primary N) is 1. The highest BCUT2D eigenvalue weighted by Gasteiger charge is 2.22. The molecule has 17 heavy (non-hydrogen) atoms. The quantitative estimate of drug-likeness (QED) is 0.883. The summed E-state index contributed by atoms with van der Waals surface area (Å²) in [7, 11) is 0. The monoisotopic (exact) mass is 270 g/mol. The van der Waals surface area contributed by atoms with Gasteiger partial charge in [0.2, 0.25) is 5.88 Å². The van der Waals surface area contributed by atoms with E-state index in [2.05, 4.69) is 5.16 Å². The van der Waals surface area contributed by atoms with E-state index in [1.807, 2.05) is 13.8 Å². The fourth-order valence-corrected chi connectivity index (χ4v) is 2.28. The zero-order chi connectivity index (χ0) is 12.6. The summed E-state index contributed by atoms with van der Waals surface area (Å²) in [5, 5.41) is 5.03. The molecule has 0 aliphatic rings. The number of anilines is 1. The fourth-order valence-electron chi connectivity index (χ4n) is 1.70. The number of rotatable bonds is 2. The standard InChI is InChI=1S/C12H12Cl2N2O/c1-6(2)11-10(12(15)17-16-11)9-7(13)4-3-5-8(9)14/h3-6H,15H2,1-2H3. The van der Waals surface area contributed by atoms with Crippen molar-refractivity contribution in [2.45, 2.75) is 19.8 Å². The fraction of sp³-hybridized carbons (Fsp3) is 0.250. The van der Waals surface area contributed by atoms with Crippen molar-refractivity contribution in [3.05, 3.63) is 33.9 Å². The van der Waals surface area contributed by atoms with Crippen molar-refractivity contribution in [1.29, 1.82) is 0 Å². The summed E-state index contributed by atoms with van der Waals surface area (Å²) in [5.41, 5.74) is 7.93. The molecule has 2 rings (SSSR count). The number of hydrogen-bond acceptors (Lipinski definition) is 3. The molecule has 0 saturated carbocycles. The maximum atomic E-state index is 6.16. The van der Waals surface area contributed by atoms with Crippen molar-refractivity contribution in [2.24, 2.45) is 0 Å². The molecule has 0 spiro atoms. The third-order valence-electron chi connectivity index (χ3n) is 2.50. The van der Waals surface area contributed by atoms with Crippen LogP contribution >= 0.6 is 23.2 Å². The minimum Gasteiger partial charge on any atom is -0.367 e. The summed E-state index contributed by atoms with van der Waals surface area (Å²) < 4.78 is 5.03. The van der Waals surface area contributed by atoms with Crippen LogP contribution in [0.15, 0.2) is 22.7 Å². The zero-order valence-electron chi connectivity index (χ0n) is 9.50. The van der Waals surface area contributed by atoms with E-state index in [4.69, 9.17) is 33.5 Å². The van der Waals surface area contributed by atoms with Gasteiger partial charge in [-0.3, -0.25) is 0 Å². The van der Waals surface area contributed by atoms with Crippen LogP contribution in [0.4, 0.5) is 5.88 Å². The third-order valence-corrected chi connectivity index (χ3v) is 3.13. The van der Waals surface area contributed by atoms with Crippen molar-refractivity contribution < 1.29 is 4.52 Å². The highest BCUT2D eigenvalue weighted by atomic mass is 35.5. The summed E-state index contributed by atoms with van der Waals surface area (Å²) in [6, 6.07) is 5.31. The molecule has 0 saturated heterocycles. The second kappa shape index (κ2) is 4.59. The normalized spacial score (nSPS) is 11.1. The maximum absolute atomic E-state index is 6.16. The van der Waals surface area contributed by atoms with Crippen LogP contribution < -0.4 is 5.73 Å². The molecule has 0 atom stereocenters. The molecule has 0 radical (unpaired) electrons. The number of aromatic nitrogens is 1. The lowest BCUT2D eigenvalue weighted by atomic mass is 9.99. The maximum Gasteiger partial charge on any atom is 0.230 e. The van der Waals surface area contributed by atoms with E-state index < -0.39 is 0 Å². The number of nitrogen functional groups attached to an aromatic ring is 1. The molecule has 0 amide bonds. The van der Waals surface area contributed by atoms with E-state index in [9.17, 15) is 0 Å². The van der Waals surface area contributed by atoms with Crippen molar-refractivity contribution in [3.63, 3.8) is 0 Å². The molecule has 2 N–H and O–H groups in total. The van der Waals surface area contributed by atoms with Gasteiger partial charge in [-0.1, -0.05) is 48.3 Å². The van der Waals surface area contributed by atoms with E-state index in [1.165, 1.54) is 0 Å². The predicted molar refractivity (Wildman–Crippen MR) is 70.5 cm³/mol. The Morgan fingerprint density at radius 3 is 2.29 bits per heavy atom. The largest absolute Gasteiger partial charge is 0.367 e. The van der Waals surface area contributed by atoms with Crippen LogP contribution in [0.5, 0.6) is 0 Å². The van der Waals surface area contributed by atoms with Gasteiger partial charge in [-0.05, 0) is 18.1 Å². The molecule has 0 unspecified atom stereocenters. The van der Waals surface area contributed by atoms with Crippen molar-refractivity contribution in [2.75, 3.05) is 5.73 Å². The Bertz CT molecular complexity index is 529. The zero-order valence-corrected chi connectivity index (χ0v) is 11.0. The summed E-state index contributed by atoms with van der Waals surface area (Å²) in [6.07, 6.45) is 0. The van der Waals surface area contributed by atoms with Gasteiger partial charge in [0.1, 0.15) is 0 Å². The first-order chi connectivity index (χ1) is 8.02. The lowest BCUT2D eigenvalue weighted by Gasteiger charge is -2.08. The third kappa shape index (κ3) is 2.13. The van der Waals surface area contributed by atoms with Crippen LogP contribution in [0, 0.1) is 0 Å². The van der Waals surface area contributed by atoms with Gasteiger partial charge in [0.05, 0.1) is 21.3 Å². The number of benzene rings is 1. The van der Waals surface area contributed by atoms with E-state index in [1.54, 1.807) is 18.2 Å². The molecular formula is C12H12Cl2N2O. The topological polar surface area (TPSA) is 52.0 Å². The van der Waals surface area contributed by atoms with Gasteiger partial charge < -0.3 is 10.3 Å². The number of hydrogen-bond donors (Lipinski definition) is 1. The van der Waals surface area contributed by atoms with Gasteiger partial charge in [-0.25, -0.2) is 0 Å². The van der Waals surface area contributed by atoms with Crippen LogP contribution in [0.25, 0.3) is 11.1 Å². The average Bonchev–Trinajstić information content (AvgIpc) is 2.61. The molecule has 0 aliphatic heterocycles. The first-order valence-corrected chi connectivity index (χ1v) is 5.97. The Hall–Kier alpha value is -1.19. The molecule has 90 valence electrons. The molecular weight excluding hydrogens is 259 g/mol. The second-order valence-electron chi connectivity index (χ2n) is 4.06. The van der Waals surface area contributed by atoms with E-state index in [-0.39, 0.29) is 11.8 Å². The van der Waals surface area contributed by atoms with Crippen LogP contribution in [0.2, 0.25) is 10.0 Å². The molecule has 0 bridgehead atoms. The molecule has 3 nitrogen and oxygen atoms in total. The van der Waals surface area contributed by atoms with E-state index in [0.717, 1.165) is 5.69 Å². The first-order valence-electron chi connectivity index (χ1n) is 5.21. The molecule has 1 aromatic carbocycles. The average molecular weight is 271 g/mol. The van der Waals surface area contributed by atoms with E-state index >= 15 is 0 Å². The Morgan fingerprint density at radius 2 is 1.76 bits per heavy atom. The lowest BCUT2D eigenvalue weighted by Crippen LogP contribution is -1.94. The molecule has 5 heteroatoms. The smallest absolute Gasteiger partial charge is 0.230 e. The Balaban J connectivity index is 2.72. The van der Waals surface area contributed by atoms with Gasteiger partial charge in [0.25, 0.3) is 0 Å². The van der Waals surface area contributed by atoms with Crippen molar-refractivity contribution >= 4 is 29.1 Å². The summed E-state index contributed by atoms with van der Waals surface area (Å²) in [5.74, 6) is 0.419. The van der Waals surface area contributed by atoms with Crippen LogP contribution in [-0.4, -0.2) is 5.16 Å². The number of nitrogens with zero attached hydrogens (tertiary/aromatic N) is 1. The van der Waals surface area contributed by atoms with Gasteiger partial charge in [-0.15, -0.1) is 0 Å². The Morgan fingerprint density at radius 1 is 1.18 bits per heavy atom. The van der Waals surface area contributed by atoms with Crippen molar-refractivity contribution in [3.8, 4) is 11.1 Å². The molecule has 0 fully saturated rings. The highest BCUT2D eigenvalue weighted by Crippen LogP contribution is 2.41. The Labute approximate surface area is 109 Å². The van der Waals surface area contributed by atoms with Crippen LogP contribution in [-0.2, 0) is 0 Å².